The van der Waals surface area contributed by atoms with Gasteiger partial charge in [0.2, 0.25) is 5.91 Å². The van der Waals surface area contributed by atoms with Gasteiger partial charge < -0.3 is 15.4 Å². The van der Waals surface area contributed by atoms with Crippen molar-refractivity contribution in [3.63, 3.8) is 0 Å². The lowest BCUT2D eigenvalue weighted by Crippen LogP contribution is -2.26. The Hall–Kier alpha value is -2.11. The molecule has 0 aliphatic heterocycles. The third-order valence-corrected chi connectivity index (χ3v) is 2.15. The van der Waals surface area contributed by atoms with Crippen LogP contribution in [0, 0.1) is 0 Å². The van der Waals surface area contributed by atoms with E-state index in [-0.39, 0.29) is 5.91 Å². The van der Waals surface area contributed by atoms with Crippen molar-refractivity contribution >= 4 is 11.7 Å². The first-order valence-electron chi connectivity index (χ1n) is 5.21. The lowest BCUT2D eigenvalue weighted by Gasteiger charge is -2.15. The van der Waals surface area contributed by atoms with Gasteiger partial charge in [0.1, 0.15) is 6.33 Å². The number of amides is 1. The number of rotatable bonds is 6. The van der Waals surface area contributed by atoms with Crippen LogP contribution in [0.5, 0.6) is 5.75 Å². The van der Waals surface area contributed by atoms with E-state index in [4.69, 9.17) is 10.5 Å². The molecule has 1 amide bonds. The SMILES string of the molecule is C=CC(=O)N(C)CCCOc1cncnc1N. The van der Waals surface area contributed by atoms with Gasteiger partial charge in [-0.3, -0.25) is 4.79 Å². The first kappa shape index (κ1) is 13.0. The van der Waals surface area contributed by atoms with E-state index in [1.165, 1.54) is 18.6 Å². The normalized spacial score (nSPS) is 9.71. The van der Waals surface area contributed by atoms with E-state index < -0.39 is 0 Å². The molecule has 0 saturated heterocycles. The number of aromatic nitrogens is 2. The van der Waals surface area contributed by atoms with Crippen LogP contribution < -0.4 is 10.5 Å². The Morgan fingerprint density at radius 1 is 1.71 bits per heavy atom. The van der Waals surface area contributed by atoms with Crippen LogP contribution in [0.1, 0.15) is 6.42 Å². The van der Waals surface area contributed by atoms with Gasteiger partial charge in [-0.05, 0) is 12.5 Å². The largest absolute Gasteiger partial charge is 0.488 e. The number of carbonyl (C=O) groups excluding carboxylic acids is 1. The molecule has 92 valence electrons. The van der Waals surface area contributed by atoms with Gasteiger partial charge in [0, 0.05) is 13.6 Å². The lowest BCUT2D eigenvalue weighted by molar-refractivity contribution is -0.124. The Balaban J connectivity index is 2.27. The van der Waals surface area contributed by atoms with E-state index in [9.17, 15) is 4.79 Å². The molecular weight excluding hydrogens is 220 g/mol. The third-order valence-electron chi connectivity index (χ3n) is 2.15. The quantitative estimate of drug-likeness (QED) is 0.573. The highest BCUT2D eigenvalue weighted by Gasteiger charge is 2.04. The van der Waals surface area contributed by atoms with Crippen molar-refractivity contribution in [3.05, 3.63) is 25.2 Å². The van der Waals surface area contributed by atoms with Crippen LogP contribution in [-0.4, -0.2) is 41.0 Å². The van der Waals surface area contributed by atoms with Gasteiger partial charge in [-0.25, -0.2) is 9.97 Å². The highest BCUT2D eigenvalue weighted by Crippen LogP contribution is 2.15. The van der Waals surface area contributed by atoms with Crippen molar-refractivity contribution in [2.75, 3.05) is 25.9 Å². The molecule has 6 nitrogen and oxygen atoms in total. The van der Waals surface area contributed by atoms with Crippen molar-refractivity contribution in [1.82, 2.24) is 14.9 Å². The number of anilines is 1. The first-order chi connectivity index (χ1) is 8.15. The summed E-state index contributed by atoms with van der Waals surface area (Å²) in [7, 11) is 1.71. The lowest BCUT2D eigenvalue weighted by atomic mass is 10.4. The van der Waals surface area contributed by atoms with Crippen LogP contribution in [0.4, 0.5) is 5.82 Å². The van der Waals surface area contributed by atoms with Crippen LogP contribution in [0.2, 0.25) is 0 Å². The maximum absolute atomic E-state index is 11.2. The molecule has 0 bridgehead atoms. The Kier molecular flexibility index (Phi) is 4.93. The summed E-state index contributed by atoms with van der Waals surface area (Å²) in [5, 5.41) is 0. The van der Waals surface area contributed by atoms with E-state index in [0.717, 1.165) is 0 Å². The van der Waals surface area contributed by atoms with E-state index in [2.05, 4.69) is 16.5 Å². The van der Waals surface area contributed by atoms with Gasteiger partial charge in [0.15, 0.2) is 11.6 Å². The molecule has 1 rings (SSSR count). The maximum Gasteiger partial charge on any atom is 0.245 e. The number of hydrogen-bond acceptors (Lipinski definition) is 5. The van der Waals surface area contributed by atoms with E-state index in [0.29, 0.717) is 31.1 Å². The molecule has 17 heavy (non-hydrogen) atoms. The molecule has 1 aromatic heterocycles. The van der Waals surface area contributed by atoms with Crippen LogP contribution in [0.3, 0.4) is 0 Å². The van der Waals surface area contributed by atoms with Crippen LogP contribution in [0.25, 0.3) is 0 Å². The average molecular weight is 236 g/mol. The molecule has 0 aromatic carbocycles. The highest BCUT2D eigenvalue weighted by molar-refractivity contribution is 5.86. The number of nitrogens with zero attached hydrogens (tertiary/aromatic N) is 3. The number of ether oxygens (including phenoxy) is 1. The molecule has 6 heteroatoms. The van der Waals surface area contributed by atoms with Gasteiger partial charge in [-0.15, -0.1) is 0 Å². The Labute approximate surface area is 100 Å². The summed E-state index contributed by atoms with van der Waals surface area (Å²) in [5.74, 6) is 0.674. The molecule has 0 radical (unpaired) electrons. The van der Waals surface area contributed by atoms with Crippen molar-refractivity contribution in [1.29, 1.82) is 0 Å². The molecule has 0 aliphatic carbocycles. The van der Waals surface area contributed by atoms with Gasteiger partial charge in [-0.1, -0.05) is 6.58 Å². The fourth-order valence-corrected chi connectivity index (χ4v) is 1.19. The maximum atomic E-state index is 11.2. The van der Waals surface area contributed by atoms with E-state index in [1.807, 2.05) is 0 Å². The minimum Gasteiger partial charge on any atom is -0.488 e. The second-order valence-corrected chi connectivity index (χ2v) is 3.44. The molecule has 1 aromatic rings. The van der Waals surface area contributed by atoms with Gasteiger partial charge in [-0.2, -0.15) is 0 Å². The Morgan fingerprint density at radius 3 is 3.12 bits per heavy atom. The second-order valence-electron chi connectivity index (χ2n) is 3.44. The summed E-state index contributed by atoms with van der Waals surface area (Å²) in [4.78, 5) is 20.3. The zero-order valence-corrected chi connectivity index (χ0v) is 9.80. The summed E-state index contributed by atoms with van der Waals surface area (Å²) in [5.41, 5.74) is 5.58. The van der Waals surface area contributed by atoms with Crippen LogP contribution in [0.15, 0.2) is 25.2 Å². The molecule has 0 fully saturated rings. The highest BCUT2D eigenvalue weighted by atomic mass is 16.5. The standard InChI is InChI=1S/C11H16N4O2/c1-3-10(16)15(2)5-4-6-17-9-7-13-8-14-11(9)12/h3,7-8H,1,4-6H2,2H3,(H2,12,13,14). The van der Waals surface area contributed by atoms with Gasteiger partial charge >= 0.3 is 0 Å². The van der Waals surface area contributed by atoms with Gasteiger partial charge in [0.05, 0.1) is 12.8 Å². The zero-order chi connectivity index (χ0) is 12.7. The van der Waals surface area contributed by atoms with Crippen molar-refractivity contribution in [2.24, 2.45) is 0 Å². The number of nitrogens with two attached hydrogens (primary N) is 1. The Bertz CT molecular complexity index is 395. The fourth-order valence-electron chi connectivity index (χ4n) is 1.19. The molecule has 2 N–H and O–H groups in total. The van der Waals surface area contributed by atoms with Crippen LogP contribution in [-0.2, 0) is 4.79 Å². The fraction of sp³-hybridized carbons (Fsp3) is 0.364. The molecule has 1 heterocycles. The smallest absolute Gasteiger partial charge is 0.245 e. The number of likely N-dealkylation sites (N-methyl/N-ethyl adjacent to an activating group) is 1. The predicted molar refractivity (Wildman–Crippen MR) is 64.4 cm³/mol. The summed E-state index contributed by atoms with van der Waals surface area (Å²) in [6.45, 7) is 4.46. The minimum absolute atomic E-state index is 0.104. The van der Waals surface area contributed by atoms with E-state index in [1.54, 1.807) is 11.9 Å². The molecule has 0 aliphatic rings. The topological polar surface area (TPSA) is 81.3 Å². The predicted octanol–water partition coefficient (Wildman–Crippen LogP) is 0.472. The molecule has 0 spiro atoms. The van der Waals surface area contributed by atoms with E-state index >= 15 is 0 Å². The summed E-state index contributed by atoms with van der Waals surface area (Å²) >= 11 is 0. The summed E-state index contributed by atoms with van der Waals surface area (Å²) in [6, 6.07) is 0. The summed E-state index contributed by atoms with van der Waals surface area (Å²) < 4.78 is 5.39. The number of hydrogen-bond donors (Lipinski definition) is 1. The van der Waals surface area contributed by atoms with Crippen molar-refractivity contribution < 1.29 is 9.53 Å². The molecule has 0 unspecified atom stereocenters. The molecular formula is C11H16N4O2. The van der Waals surface area contributed by atoms with Crippen molar-refractivity contribution in [3.8, 4) is 5.75 Å². The molecule has 0 atom stereocenters. The first-order valence-corrected chi connectivity index (χ1v) is 5.21. The Morgan fingerprint density at radius 2 is 2.47 bits per heavy atom. The zero-order valence-electron chi connectivity index (χ0n) is 9.80. The monoisotopic (exact) mass is 236 g/mol. The average Bonchev–Trinajstić information content (AvgIpc) is 2.35. The number of carbonyl (C=O) groups is 1. The van der Waals surface area contributed by atoms with Gasteiger partial charge in [0.25, 0.3) is 0 Å². The van der Waals surface area contributed by atoms with Crippen molar-refractivity contribution in [2.45, 2.75) is 6.42 Å². The minimum atomic E-state index is -0.104. The third kappa shape index (κ3) is 4.10. The van der Waals surface area contributed by atoms with Crippen LogP contribution >= 0.6 is 0 Å². The second kappa shape index (κ2) is 6.47. The molecule has 0 saturated carbocycles. The summed E-state index contributed by atoms with van der Waals surface area (Å²) in [6.07, 6.45) is 4.86. The number of nitrogen functional groups attached to an aromatic ring is 1.